The Morgan fingerprint density at radius 1 is 1.27 bits per heavy atom. The van der Waals surface area contributed by atoms with E-state index in [2.05, 4.69) is 34.5 Å². The standard InChI is InChI=1S/C21H34N6O3/c1-5-26(6-2)12-11-22-18(28)16-13-17-19(29)25(4)21(3,14-27(17)24-16)20(30)23-15-9-7-8-10-15/h13,15H,5-12,14H2,1-4H3,(H,22,28)(H,23,30). The molecule has 1 atom stereocenters. The largest absolute Gasteiger partial charge is 0.351 e. The van der Waals surface area contributed by atoms with Gasteiger partial charge in [0.15, 0.2) is 5.69 Å². The van der Waals surface area contributed by atoms with Crippen LogP contribution in [0.2, 0.25) is 0 Å². The van der Waals surface area contributed by atoms with Crippen molar-refractivity contribution < 1.29 is 14.4 Å². The molecule has 166 valence electrons. The fraction of sp³-hybridized carbons (Fsp3) is 0.714. The van der Waals surface area contributed by atoms with Gasteiger partial charge in [0.25, 0.3) is 11.8 Å². The first kappa shape index (κ1) is 22.3. The van der Waals surface area contributed by atoms with Crippen LogP contribution < -0.4 is 10.6 Å². The lowest BCUT2D eigenvalue weighted by Crippen LogP contribution is -2.63. The third-order valence-corrected chi connectivity index (χ3v) is 6.52. The lowest BCUT2D eigenvalue weighted by Gasteiger charge is -2.41. The van der Waals surface area contributed by atoms with Crippen molar-refractivity contribution in [2.45, 2.75) is 64.6 Å². The van der Waals surface area contributed by atoms with Crippen LogP contribution in [0.25, 0.3) is 0 Å². The highest BCUT2D eigenvalue weighted by Gasteiger charge is 2.46. The van der Waals surface area contributed by atoms with Gasteiger partial charge in [0.05, 0.1) is 6.54 Å². The number of nitrogens with zero attached hydrogens (tertiary/aromatic N) is 4. The highest BCUT2D eigenvalue weighted by Crippen LogP contribution is 2.27. The summed E-state index contributed by atoms with van der Waals surface area (Å²) in [6.07, 6.45) is 4.19. The van der Waals surface area contributed by atoms with Crippen LogP contribution in [0.3, 0.4) is 0 Å². The summed E-state index contributed by atoms with van der Waals surface area (Å²) >= 11 is 0. The second kappa shape index (κ2) is 9.16. The minimum Gasteiger partial charge on any atom is -0.351 e. The van der Waals surface area contributed by atoms with Crippen molar-refractivity contribution >= 4 is 17.7 Å². The van der Waals surface area contributed by atoms with Crippen molar-refractivity contribution in [2.75, 3.05) is 33.2 Å². The van der Waals surface area contributed by atoms with Crippen molar-refractivity contribution in [1.82, 2.24) is 30.2 Å². The molecule has 2 N–H and O–H groups in total. The molecule has 1 aromatic rings. The average Bonchev–Trinajstić information content (AvgIpc) is 3.39. The molecule has 2 heterocycles. The SMILES string of the molecule is CCN(CC)CCNC(=O)c1cc2n(n1)CC(C)(C(=O)NC1CCCC1)N(C)C2=O. The summed E-state index contributed by atoms with van der Waals surface area (Å²) in [5.74, 6) is -0.784. The van der Waals surface area contributed by atoms with Crippen molar-refractivity contribution in [2.24, 2.45) is 0 Å². The van der Waals surface area contributed by atoms with E-state index < -0.39 is 5.54 Å². The molecule has 9 nitrogen and oxygen atoms in total. The first-order valence-corrected chi connectivity index (χ1v) is 11.0. The van der Waals surface area contributed by atoms with Crippen LogP contribution in [0.4, 0.5) is 0 Å². The lowest BCUT2D eigenvalue weighted by molar-refractivity contribution is -0.133. The third-order valence-electron chi connectivity index (χ3n) is 6.52. The molecular formula is C21H34N6O3. The van der Waals surface area contributed by atoms with E-state index in [1.54, 1.807) is 14.0 Å². The van der Waals surface area contributed by atoms with Crippen LogP contribution in [-0.4, -0.2) is 82.1 Å². The number of hydrogen-bond acceptors (Lipinski definition) is 5. The van der Waals surface area contributed by atoms with Crippen LogP contribution in [-0.2, 0) is 11.3 Å². The van der Waals surface area contributed by atoms with Crippen LogP contribution in [0.1, 0.15) is 67.4 Å². The molecule has 30 heavy (non-hydrogen) atoms. The second-order valence-corrected chi connectivity index (χ2v) is 8.45. The molecule has 1 aromatic heterocycles. The molecule has 0 aromatic carbocycles. The Morgan fingerprint density at radius 2 is 1.93 bits per heavy atom. The molecule has 3 rings (SSSR count). The maximum absolute atomic E-state index is 13.0. The number of fused-ring (bicyclic) bond motifs is 1. The van der Waals surface area contributed by atoms with Crippen LogP contribution in [0.5, 0.6) is 0 Å². The number of amides is 3. The van der Waals surface area contributed by atoms with Crippen molar-refractivity contribution in [3.63, 3.8) is 0 Å². The number of rotatable bonds is 8. The summed E-state index contributed by atoms with van der Waals surface area (Å²) in [7, 11) is 1.64. The van der Waals surface area contributed by atoms with E-state index in [9.17, 15) is 14.4 Å². The van der Waals surface area contributed by atoms with Gasteiger partial charge in [-0.2, -0.15) is 5.10 Å². The molecule has 1 unspecified atom stereocenters. The number of hydrogen-bond donors (Lipinski definition) is 2. The van der Waals surface area contributed by atoms with Gasteiger partial charge >= 0.3 is 0 Å². The maximum Gasteiger partial charge on any atom is 0.272 e. The van der Waals surface area contributed by atoms with E-state index >= 15 is 0 Å². The van der Waals surface area contributed by atoms with Gasteiger partial charge in [0.1, 0.15) is 11.2 Å². The Balaban J connectivity index is 1.70. The minimum atomic E-state index is -1.05. The Morgan fingerprint density at radius 3 is 2.57 bits per heavy atom. The molecule has 3 amide bonds. The molecule has 0 saturated heterocycles. The quantitative estimate of drug-likeness (QED) is 0.652. The number of aromatic nitrogens is 2. The van der Waals surface area contributed by atoms with Gasteiger partial charge in [-0.15, -0.1) is 0 Å². The average molecular weight is 419 g/mol. The fourth-order valence-corrected chi connectivity index (χ4v) is 4.21. The van der Waals surface area contributed by atoms with E-state index in [1.807, 2.05) is 0 Å². The molecule has 1 saturated carbocycles. The zero-order valence-electron chi connectivity index (χ0n) is 18.5. The molecule has 9 heteroatoms. The Labute approximate surface area is 178 Å². The van der Waals surface area contributed by atoms with Crippen LogP contribution >= 0.6 is 0 Å². The van der Waals surface area contributed by atoms with Gasteiger partial charge in [-0.1, -0.05) is 26.7 Å². The number of likely N-dealkylation sites (N-methyl/N-ethyl adjacent to an activating group) is 2. The van der Waals surface area contributed by atoms with Gasteiger partial charge in [-0.25, -0.2) is 0 Å². The predicted octanol–water partition coefficient (Wildman–Crippen LogP) is 0.858. The molecule has 1 fully saturated rings. The summed E-state index contributed by atoms with van der Waals surface area (Å²) in [6.45, 7) is 9.25. The van der Waals surface area contributed by atoms with Crippen molar-refractivity contribution in [3.8, 4) is 0 Å². The van der Waals surface area contributed by atoms with E-state index in [0.29, 0.717) is 12.2 Å². The summed E-state index contributed by atoms with van der Waals surface area (Å²) in [5.41, 5.74) is -0.515. The van der Waals surface area contributed by atoms with E-state index in [1.165, 1.54) is 15.6 Å². The lowest BCUT2D eigenvalue weighted by atomic mass is 9.95. The fourth-order valence-electron chi connectivity index (χ4n) is 4.21. The first-order valence-electron chi connectivity index (χ1n) is 11.0. The number of nitrogens with one attached hydrogen (secondary N) is 2. The van der Waals surface area contributed by atoms with Gasteiger partial charge in [-0.3, -0.25) is 19.1 Å². The Bertz CT molecular complexity index is 797. The second-order valence-electron chi connectivity index (χ2n) is 8.45. The highest BCUT2D eigenvalue weighted by atomic mass is 16.2. The van der Waals surface area contributed by atoms with Gasteiger partial charge in [0, 0.05) is 32.2 Å². The Kier molecular flexibility index (Phi) is 6.80. The monoisotopic (exact) mass is 418 g/mol. The first-order chi connectivity index (χ1) is 14.3. The summed E-state index contributed by atoms with van der Waals surface area (Å²) in [6, 6.07) is 1.68. The zero-order valence-corrected chi connectivity index (χ0v) is 18.5. The van der Waals surface area contributed by atoms with Crippen molar-refractivity contribution in [3.05, 3.63) is 17.5 Å². The molecule has 2 aliphatic rings. The Hall–Kier alpha value is -2.42. The normalized spacial score (nSPS) is 21.8. The van der Waals surface area contributed by atoms with E-state index in [0.717, 1.165) is 45.3 Å². The van der Waals surface area contributed by atoms with E-state index in [-0.39, 0.29) is 36.0 Å². The molecule has 1 aliphatic heterocycles. The minimum absolute atomic E-state index is 0.170. The van der Waals surface area contributed by atoms with E-state index in [4.69, 9.17) is 0 Å². The molecular weight excluding hydrogens is 384 g/mol. The zero-order chi connectivity index (χ0) is 21.9. The van der Waals surface area contributed by atoms with Crippen LogP contribution in [0.15, 0.2) is 6.07 Å². The van der Waals surface area contributed by atoms with Gasteiger partial charge in [0.2, 0.25) is 5.91 Å². The predicted molar refractivity (Wildman–Crippen MR) is 113 cm³/mol. The maximum atomic E-state index is 13.0. The number of carbonyl (C=O) groups excluding carboxylic acids is 3. The summed E-state index contributed by atoms with van der Waals surface area (Å²) < 4.78 is 1.50. The smallest absolute Gasteiger partial charge is 0.272 e. The third kappa shape index (κ3) is 4.35. The molecule has 0 spiro atoms. The summed E-state index contributed by atoms with van der Waals surface area (Å²) in [4.78, 5) is 42.2. The molecule has 0 bridgehead atoms. The summed E-state index contributed by atoms with van der Waals surface area (Å²) in [5, 5.41) is 10.3. The number of carbonyl (C=O) groups is 3. The highest BCUT2D eigenvalue weighted by molar-refractivity contribution is 6.01. The molecule has 0 radical (unpaired) electrons. The van der Waals surface area contributed by atoms with Crippen molar-refractivity contribution in [1.29, 1.82) is 0 Å². The van der Waals surface area contributed by atoms with Gasteiger partial charge < -0.3 is 20.4 Å². The van der Waals surface area contributed by atoms with Crippen LogP contribution in [0, 0.1) is 0 Å². The molecule has 1 aliphatic carbocycles. The van der Waals surface area contributed by atoms with Gasteiger partial charge in [-0.05, 0) is 32.9 Å². The topological polar surface area (TPSA) is 99.6 Å².